The van der Waals surface area contributed by atoms with Crippen LogP contribution >= 0.6 is 0 Å². The highest BCUT2D eigenvalue weighted by Crippen LogP contribution is 2.26. The van der Waals surface area contributed by atoms with Gasteiger partial charge in [-0.1, -0.05) is 84.9 Å². The van der Waals surface area contributed by atoms with Gasteiger partial charge in [0.15, 0.2) is 5.82 Å². The molecule has 2 nitrogen and oxygen atoms in total. The number of hydrogen-bond donors (Lipinski definition) is 0. The minimum Gasteiger partial charge on any atom is -0.229 e. The molecular weight excluding hydrogens is 292 g/mol. The van der Waals surface area contributed by atoms with E-state index in [2.05, 4.69) is 35.3 Å². The molecule has 114 valence electrons. The summed E-state index contributed by atoms with van der Waals surface area (Å²) in [4.78, 5) is 9.47. The van der Waals surface area contributed by atoms with E-state index in [0.29, 0.717) is 0 Å². The van der Waals surface area contributed by atoms with Crippen LogP contribution in [0.3, 0.4) is 0 Å². The van der Waals surface area contributed by atoms with Crippen LogP contribution in [0.5, 0.6) is 0 Å². The second kappa shape index (κ2) is 6.47. The van der Waals surface area contributed by atoms with Crippen LogP contribution in [0.1, 0.15) is 11.4 Å². The number of hydrogen-bond acceptors (Lipinski definition) is 2. The highest BCUT2D eigenvalue weighted by molar-refractivity contribution is 5.93. The smallest absolute Gasteiger partial charge is 0.153 e. The highest BCUT2D eigenvalue weighted by atomic mass is 14.9. The molecule has 2 heteroatoms. The summed E-state index contributed by atoms with van der Waals surface area (Å²) in [6, 6.07) is 28.6. The molecule has 3 aromatic carbocycles. The predicted octanol–water partition coefficient (Wildman–Crippen LogP) is 5.47. The minimum absolute atomic E-state index is 0.719. The molecule has 0 aliphatic carbocycles. The van der Waals surface area contributed by atoms with Gasteiger partial charge in [-0.25, -0.2) is 9.97 Å². The molecule has 0 aliphatic rings. The Hall–Kier alpha value is -3.26. The molecule has 0 aliphatic heterocycles. The molecule has 0 fully saturated rings. The Morgan fingerprint density at radius 3 is 2.04 bits per heavy atom. The summed E-state index contributed by atoms with van der Waals surface area (Å²) in [6.45, 7) is 0. The first-order valence-electron chi connectivity index (χ1n) is 7.95. The minimum atomic E-state index is 0.719. The molecule has 0 radical (unpaired) electrons. The maximum absolute atomic E-state index is 4.79. The summed E-state index contributed by atoms with van der Waals surface area (Å²) < 4.78 is 0. The molecule has 1 heterocycles. The molecule has 0 atom stereocenters. The molecule has 0 N–H and O–H groups in total. The topological polar surface area (TPSA) is 25.8 Å². The van der Waals surface area contributed by atoms with Crippen LogP contribution in [0.15, 0.2) is 84.9 Å². The van der Waals surface area contributed by atoms with E-state index in [4.69, 9.17) is 4.98 Å². The fraction of sp³-hybridized carbons (Fsp3) is 0. The zero-order chi connectivity index (χ0) is 16.2. The molecule has 0 bridgehead atoms. The molecular formula is C22H16N2. The summed E-state index contributed by atoms with van der Waals surface area (Å²) in [7, 11) is 0. The van der Waals surface area contributed by atoms with Crippen molar-refractivity contribution in [1.29, 1.82) is 0 Å². The summed E-state index contributed by atoms with van der Waals surface area (Å²) in [5.41, 5.74) is 4.16. The van der Waals surface area contributed by atoms with E-state index in [0.717, 1.165) is 33.5 Å². The van der Waals surface area contributed by atoms with Crippen molar-refractivity contribution in [1.82, 2.24) is 9.97 Å². The SMILES string of the molecule is C(=C\c1nc(-c2ccccc2)c2ccccc2n1)/c1ccccc1. The maximum Gasteiger partial charge on any atom is 0.153 e. The van der Waals surface area contributed by atoms with Crippen LogP contribution in [0.2, 0.25) is 0 Å². The number of nitrogens with zero attached hydrogens (tertiary/aromatic N) is 2. The molecule has 4 rings (SSSR count). The van der Waals surface area contributed by atoms with Crippen molar-refractivity contribution in [3.8, 4) is 11.3 Å². The van der Waals surface area contributed by atoms with E-state index in [1.165, 1.54) is 0 Å². The van der Waals surface area contributed by atoms with Crippen LogP contribution in [0, 0.1) is 0 Å². The largest absolute Gasteiger partial charge is 0.229 e. The summed E-state index contributed by atoms with van der Waals surface area (Å²) in [6.07, 6.45) is 4.01. The Balaban J connectivity index is 1.84. The monoisotopic (exact) mass is 308 g/mol. The summed E-state index contributed by atoms with van der Waals surface area (Å²) in [5.74, 6) is 0.719. The first kappa shape index (κ1) is 14.3. The number of para-hydroxylation sites is 1. The molecule has 0 spiro atoms. The zero-order valence-corrected chi connectivity index (χ0v) is 13.1. The average Bonchev–Trinajstić information content (AvgIpc) is 2.67. The lowest BCUT2D eigenvalue weighted by atomic mass is 10.1. The van der Waals surface area contributed by atoms with Gasteiger partial charge in [-0.2, -0.15) is 0 Å². The summed E-state index contributed by atoms with van der Waals surface area (Å²) >= 11 is 0. The van der Waals surface area contributed by atoms with Crippen molar-refractivity contribution in [2.24, 2.45) is 0 Å². The zero-order valence-electron chi connectivity index (χ0n) is 13.1. The van der Waals surface area contributed by atoms with E-state index >= 15 is 0 Å². The lowest BCUT2D eigenvalue weighted by Gasteiger charge is -2.07. The lowest BCUT2D eigenvalue weighted by Crippen LogP contribution is -1.94. The van der Waals surface area contributed by atoms with E-state index in [1.807, 2.05) is 66.7 Å². The van der Waals surface area contributed by atoms with Crippen LogP contribution < -0.4 is 0 Å². The Morgan fingerprint density at radius 1 is 0.583 bits per heavy atom. The van der Waals surface area contributed by atoms with Crippen molar-refractivity contribution in [2.75, 3.05) is 0 Å². The van der Waals surface area contributed by atoms with Crippen molar-refractivity contribution >= 4 is 23.1 Å². The molecule has 1 aromatic heterocycles. The Bertz CT molecular complexity index is 990. The average molecular weight is 308 g/mol. The molecule has 0 saturated heterocycles. The second-order valence-electron chi connectivity index (χ2n) is 5.56. The first-order valence-corrected chi connectivity index (χ1v) is 7.95. The Kier molecular flexibility index (Phi) is 3.86. The van der Waals surface area contributed by atoms with E-state index < -0.39 is 0 Å². The van der Waals surface area contributed by atoms with E-state index in [1.54, 1.807) is 0 Å². The Morgan fingerprint density at radius 2 is 1.25 bits per heavy atom. The van der Waals surface area contributed by atoms with Gasteiger partial charge in [-0.15, -0.1) is 0 Å². The Labute approximate surface area is 141 Å². The molecule has 4 aromatic rings. The van der Waals surface area contributed by atoms with Crippen molar-refractivity contribution < 1.29 is 0 Å². The quantitative estimate of drug-likeness (QED) is 0.501. The van der Waals surface area contributed by atoms with Crippen LogP contribution in [-0.4, -0.2) is 9.97 Å². The van der Waals surface area contributed by atoms with Crippen molar-refractivity contribution in [2.45, 2.75) is 0 Å². The van der Waals surface area contributed by atoms with Gasteiger partial charge in [0.2, 0.25) is 0 Å². The number of aromatic nitrogens is 2. The molecule has 0 unspecified atom stereocenters. The van der Waals surface area contributed by atoms with Gasteiger partial charge in [-0.3, -0.25) is 0 Å². The first-order chi connectivity index (χ1) is 11.9. The van der Waals surface area contributed by atoms with Crippen LogP contribution in [0.4, 0.5) is 0 Å². The molecule has 24 heavy (non-hydrogen) atoms. The number of rotatable bonds is 3. The molecule has 0 amide bonds. The van der Waals surface area contributed by atoms with Gasteiger partial charge in [-0.05, 0) is 17.7 Å². The third-order valence-corrected chi connectivity index (χ3v) is 3.89. The van der Waals surface area contributed by atoms with Crippen molar-refractivity contribution in [3.63, 3.8) is 0 Å². The fourth-order valence-corrected chi connectivity index (χ4v) is 2.72. The van der Waals surface area contributed by atoms with Crippen LogP contribution in [0.25, 0.3) is 34.3 Å². The van der Waals surface area contributed by atoms with Gasteiger partial charge in [0, 0.05) is 10.9 Å². The van der Waals surface area contributed by atoms with E-state index in [9.17, 15) is 0 Å². The third-order valence-electron chi connectivity index (χ3n) is 3.89. The number of benzene rings is 3. The second-order valence-corrected chi connectivity index (χ2v) is 5.56. The van der Waals surface area contributed by atoms with Gasteiger partial charge in [0.05, 0.1) is 11.2 Å². The van der Waals surface area contributed by atoms with Crippen molar-refractivity contribution in [3.05, 3.63) is 96.3 Å². The standard InChI is InChI=1S/C22H16N2/c1-3-9-17(10-4-1)15-16-21-23-20-14-8-7-13-19(20)22(24-21)18-11-5-2-6-12-18/h1-16H/b16-15+. The predicted molar refractivity (Wildman–Crippen MR) is 100 cm³/mol. The van der Waals surface area contributed by atoms with Gasteiger partial charge < -0.3 is 0 Å². The number of fused-ring (bicyclic) bond motifs is 1. The van der Waals surface area contributed by atoms with Gasteiger partial charge >= 0.3 is 0 Å². The fourth-order valence-electron chi connectivity index (χ4n) is 2.72. The van der Waals surface area contributed by atoms with Crippen LogP contribution in [-0.2, 0) is 0 Å². The third kappa shape index (κ3) is 2.95. The molecule has 0 saturated carbocycles. The highest BCUT2D eigenvalue weighted by Gasteiger charge is 2.07. The van der Waals surface area contributed by atoms with E-state index in [-0.39, 0.29) is 0 Å². The van der Waals surface area contributed by atoms with Gasteiger partial charge in [0.25, 0.3) is 0 Å². The normalized spacial score (nSPS) is 11.2. The maximum atomic E-state index is 4.79. The summed E-state index contributed by atoms with van der Waals surface area (Å²) in [5, 5.41) is 1.07. The lowest BCUT2D eigenvalue weighted by molar-refractivity contribution is 1.19. The van der Waals surface area contributed by atoms with Gasteiger partial charge in [0.1, 0.15) is 0 Å².